The minimum Gasteiger partial charge on any atom is -0.386 e. The lowest BCUT2D eigenvalue weighted by Crippen LogP contribution is -2.49. The second kappa shape index (κ2) is 8.94. The lowest BCUT2D eigenvalue weighted by Gasteiger charge is -2.22. The third kappa shape index (κ3) is 4.43. The average Bonchev–Trinajstić information content (AvgIpc) is 2.77. The zero-order valence-electron chi connectivity index (χ0n) is 14.9. The summed E-state index contributed by atoms with van der Waals surface area (Å²) >= 11 is 0. The molecule has 4 N–H and O–H groups in total. The van der Waals surface area contributed by atoms with Gasteiger partial charge in [-0.15, -0.1) is 0 Å². The van der Waals surface area contributed by atoms with Crippen molar-refractivity contribution in [3.8, 4) is 11.1 Å². The first-order valence-corrected chi connectivity index (χ1v) is 8.73. The van der Waals surface area contributed by atoms with Crippen LogP contribution in [0.2, 0.25) is 0 Å². The van der Waals surface area contributed by atoms with Gasteiger partial charge in [-0.25, -0.2) is 5.48 Å². The van der Waals surface area contributed by atoms with Gasteiger partial charge in [-0.1, -0.05) is 72.8 Å². The van der Waals surface area contributed by atoms with Crippen LogP contribution in [0.1, 0.15) is 22.0 Å². The second-order valence-electron chi connectivity index (χ2n) is 6.23. The first kappa shape index (κ1) is 19.3. The van der Waals surface area contributed by atoms with Crippen molar-refractivity contribution < 1.29 is 19.9 Å². The maximum atomic E-state index is 12.6. The first-order chi connectivity index (χ1) is 13.6. The van der Waals surface area contributed by atoms with Crippen LogP contribution in [0.4, 0.5) is 0 Å². The molecule has 6 heteroatoms. The molecule has 0 saturated heterocycles. The molecule has 0 aliphatic rings. The van der Waals surface area contributed by atoms with Crippen molar-refractivity contribution in [2.75, 3.05) is 0 Å². The minimum atomic E-state index is -1.35. The first-order valence-electron chi connectivity index (χ1n) is 8.73. The van der Waals surface area contributed by atoms with Crippen LogP contribution in [0.3, 0.4) is 0 Å². The summed E-state index contributed by atoms with van der Waals surface area (Å²) in [5.41, 5.74) is 4.23. The number of hydrogen-bond acceptors (Lipinski definition) is 4. The summed E-state index contributed by atoms with van der Waals surface area (Å²) < 4.78 is 0. The Morgan fingerprint density at radius 2 is 1.29 bits per heavy atom. The molecule has 0 aliphatic heterocycles. The van der Waals surface area contributed by atoms with Crippen molar-refractivity contribution in [3.05, 3.63) is 96.1 Å². The molecule has 28 heavy (non-hydrogen) atoms. The van der Waals surface area contributed by atoms with Crippen LogP contribution in [-0.2, 0) is 4.79 Å². The predicted molar refractivity (Wildman–Crippen MR) is 104 cm³/mol. The van der Waals surface area contributed by atoms with E-state index in [-0.39, 0.29) is 0 Å². The number of carbonyl (C=O) groups is 2. The van der Waals surface area contributed by atoms with Crippen molar-refractivity contribution in [1.29, 1.82) is 0 Å². The Labute approximate surface area is 162 Å². The van der Waals surface area contributed by atoms with Gasteiger partial charge in [-0.2, -0.15) is 0 Å². The molecule has 0 fully saturated rings. The van der Waals surface area contributed by atoms with E-state index in [9.17, 15) is 14.7 Å². The summed E-state index contributed by atoms with van der Waals surface area (Å²) in [7, 11) is 0. The molecule has 6 nitrogen and oxygen atoms in total. The summed E-state index contributed by atoms with van der Waals surface area (Å²) in [6.45, 7) is 0. The van der Waals surface area contributed by atoms with Crippen molar-refractivity contribution in [2.24, 2.45) is 0 Å². The van der Waals surface area contributed by atoms with Gasteiger partial charge in [-0.05, 0) is 28.8 Å². The molecule has 0 aliphatic carbocycles. The van der Waals surface area contributed by atoms with E-state index in [4.69, 9.17) is 5.21 Å². The van der Waals surface area contributed by atoms with E-state index in [1.54, 1.807) is 54.6 Å². The van der Waals surface area contributed by atoms with E-state index >= 15 is 0 Å². The highest BCUT2D eigenvalue weighted by molar-refractivity contribution is 5.98. The number of hydrogen-bond donors (Lipinski definition) is 4. The second-order valence-corrected chi connectivity index (χ2v) is 6.23. The van der Waals surface area contributed by atoms with Crippen molar-refractivity contribution in [2.45, 2.75) is 12.1 Å². The van der Waals surface area contributed by atoms with Gasteiger partial charge in [0.25, 0.3) is 11.8 Å². The standard InChI is InChI=1S/C22H20N2O4/c25-20(17-9-5-2-6-10-17)19(22(27)24-28)23-21(26)18-13-11-16(12-14-18)15-7-3-1-4-8-15/h1-14,19-20,25,28H,(H,23,26)(H,24,27). The Hall–Kier alpha value is -3.48. The van der Waals surface area contributed by atoms with E-state index in [1.165, 1.54) is 5.48 Å². The van der Waals surface area contributed by atoms with E-state index in [2.05, 4.69) is 5.32 Å². The van der Waals surface area contributed by atoms with E-state index < -0.39 is 24.0 Å². The molecule has 0 bridgehead atoms. The Kier molecular flexibility index (Phi) is 6.16. The zero-order chi connectivity index (χ0) is 19.9. The van der Waals surface area contributed by atoms with Gasteiger partial charge in [0.1, 0.15) is 12.1 Å². The Morgan fingerprint density at radius 1 is 0.750 bits per heavy atom. The predicted octanol–water partition coefficient (Wildman–Crippen LogP) is 2.69. The molecule has 142 valence electrons. The summed E-state index contributed by atoms with van der Waals surface area (Å²) in [5, 5.41) is 21.9. The van der Waals surface area contributed by atoms with Crippen LogP contribution < -0.4 is 10.8 Å². The van der Waals surface area contributed by atoms with Crippen LogP contribution in [0, 0.1) is 0 Å². The highest BCUT2D eigenvalue weighted by Gasteiger charge is 2.29. The molecule has 0 spiro atoms. The smallest absolute Gasteiger partial charge is 0.268 e. The quantitative estimate of drug-likeness (QED) is 0.393. The van der Waals surface area contributed by atoms with E-state index in [0.29, 0.717) is 11.1 Å². The highest BCUT2D eigenvalue weighted by atomic mass is 16.5. The number of aliphatic hydroxyl groups excluding tert-OH is 1. The summed E-state index contributed by atoms with van der Waals surface area (Å²) in [6, 6.07) is 23.7. The number of nitrogens with one attached hydrogen (secondary N) is 2. The molecule has 2 unspecified atom stereocenters. The molecule has 0 saturated carbocycles. The summed E-state index contributed by atoms with van der Waals surface area (Å²) in [5.74, 6) is -1.45. The molecular formula is C22H20N2O4. The number of hydroxylamine groups is 1. The fourth-order valence-electron chi connectivity index (χ4n) is 2.87. The molecule has 3 aromatic carbocycles. The van der Waals surface area contributed by atoms with Gasteiger partial charge < -0.3 is 10.4 Å². The fraction of sp³-hybridized carbons (Fsp3) is 0.0909. The Balaban J connectivity index is 1.77. The van der Waals surface area contributed by atoms with Gasteiger partial charge in [0.05, 0.1) is 0 Å². The van der Waals surface area contributed by atoms with Crippen LogP contribution in [0.15, 0.2) is 84.9 Å². The average molecular weight is 376 g/mol. The maximum Gasteiger partial charge on any atom is 0.268 e. The van der Waals surface area contributed by atoms with Gasteiger partial charge >= 0.3 is 0 Å². The molecule has 2 amide bonds. The maximum absolute atomic E-state index is 12.6. The molecular weight excluding hydrogens is 356 g/mol. The molecule has 2 atom stereocenters. The van der Waals surface area contributed by atoms with Crippen molar-refractivity contribution >= 4 is 11.8 Å². The number of aliphatic hydroxyl groups is 1. The Bertz CT molecular complexity index is 928. The normalized spacial score (nSPS) is 12.6. The lowest BCUT2D eigenvalue weighted by atomic mass is 10.0. The van der Waals surface area contributed by atoms with Gasteiger partial charge in [0.15, 0.2) is 0 Å². The van der Waals surface area contributed by atoms with E-state index in [1.807, 2.05) is 30.3 Å². The number of benzene rings is 3. The molecule has 3 rings (SSSR count). The number of carbonyl (C=O) groups excluding carboxylic acids is 2. The largest absolute Gasteiger partial charge is 0.386 e. The topological polar surface area (TPSA) is 98.7 Å². The fourth-order valence-corrected chi connectivity index (χ4v) is 2.87. The number of amides is 2. The van der Waals surface area contributed by atoms with Crippen LogP contribution in [-0.4, -0.2) is 28.2 Å². The minimum absolute atomic E-state index is 0.329. The highest BCUT2D eigenvalue weighted by Crippen LogP contribution is 2.20. The molecule has 0 radical (unpaired) electrons. The Morgan fingerprint density at radius 3 is 1.86 bits per heavy atom. The van der Waals surface area contributed by atoms with Gasteiger partial charge in [0, 0.05) is 5.56 Å². The van der Waals surface area contributed by atoms with Crippen molar-refractivity contribution in [3.63, 3.8) is 0 Å². The van der Waals surface area contributed by atoms with Gasteiger partial charge in [0.2, 0.25) is 0 Å². The molecule has 3 aromatic rings. The summed E-state index contributed by atoms with van der Waals surface area (Å²) in [6.07, 6.45) is -1.32. The third-order valence-corrected chi connectivity index (χ3v) is 4.39. The zero-order valence-corrected chi connectivity index (χ0v) is 14.9. The van der Waals surface area contributed by atoms with Gasteiger partial charge in [-0.3, -0.25) is 14.8 Å². The van der Waals surface area contributed by atoms with Crippen LogP contribution in [0.25, 0.3) is 11.1 Å². The van der Waals surface area contributed by atoms with E-state index in [0.717, 1.165) is 11.1 Å². The van der Waals surface area contributed by atoms with Crippen molar-refractivity contribution in [1.82, 2.24) is 10.8 Å². The third-order valence-electron chi connectivity index (χ3n) is 4.39. The SMILES string of the molecule is O=C(NC(C(=O)NO)C(O)c1ccccc1)c1ccc(-c2ccccc2)cc1. The molecule has 0 heterocycles. The monoisotopic (exact) mass is 376 g/mol. The van der Waals surface area contributed by atoms with Crippen LogP contribution >= 0.6 is 0 Å². The van der Waals surface area contributed by atoms with Crippen LogP contribution in [0.5, 0.6) is 0 Å². The summed E-state index contributed by atoms with van der Waals surface area (Å²) in [4.78, 5) is 24.6. The number of rotatable bonds is 6. The molecule has 0 aromatic heterocycles. The lowest BCUT2D eigenvalue weighted by molar-refractivity contribution is -0.134.